The standard InChI is InChI=1S/C49H55F3N10O4/c1-57-34(27-36-42(7-14-54-46(36)57)62-19-12-40-35(49(62)66)6-13-53-40)29-58-15-10-31(11-16-58)45-38(51)24-32(25-39(45)52)48(65)61-17-8-30(9-18-61)28-59-20-22-60(23-21-59)43-4-2-33(26-37(43)50)55-41-3-5-44(63)56-47(41)64/h2,4,7,12,14,19,24-27,30-31,41,53,55H,3,5-6,8-11,13,15-18,20-23,28-29H2,1H3,(H,56,63,64). The molecule has 10 rings (SSSR count). The predicted molar refractivity (Wildman–Crippen MR) is 246 cm³/mol. The summed E-state index contributed by atoms with van der Waals surface area (Å²) in [4.78, 5) is 63.6. The maximum Gasteiger partial charge on any atom is 0.260 e. The van der Waals surface area contributed by atoms with Crippen molar-refractivity contribution in [1.29, 1.82) is 0 Å². The van der Waals surface area contributed by atoms with Crippen molar-refractivity contribution in [3.63, 3.8) is 0 Å². The van der Waals surface area contributed by atoms with Gasteiger partial charge in [-0.15, -0.1) is 0 Å². The number of amides is 3. The highest BCUT2D eigenvalue weighted by atomic mass is 19.1. The number of likely N-dealkylation sites (tertiary alicyclic amines) is 2. The number of nitrogens with zero attached hydrogens (tertiary/aromatic N) is 7. The Bertz CT molecular complexity index is 2730. The van der Waals surface area contributed by atoms with Crippen LogP contribution in [0.1, 0.15) is 71.6 Å². The highest BCUT2D eigenvalue weighted by molar-refractivity contribution is 6.01. The van der Waals surface area contributed by atoms with Gasteiger partial charge in [0.2, 0.25) is 11.8 Å². The molecule has 4 saturated heterocycles. The Balaban J connectivity index is 0.692. The molecule has 0 radical (unpaired) electrons. The minimum atomic E-state index is -0.671. The van der Waals surface area contributed by atoms with E-state index in [9.17, 15) is 19.2 Å². The summed E-state index contributed by atoms with van der Waals surface area (Å²) in [5.74, 6) is -2.72. The molecule has 17 heteroatoms. The maximum atomic E-state index is 15.8. The van der Waals surface area contributed by atoms with Crippen molar-refractivity contribution in [2.24, 2.45) is 13.0 Å². The molecule has 5 aromatic rings. The van der Waals surface area contributed by atoms with Crippen molar-refractivity contribution >= 4 is 45.8 Å². The fourth-order valence-electron chi connectivity index (χ4n) is 10.7. The molecule has 5 aliphatic rings. The number of carbonyl (C=O) groups is 3. The summed E-state index contributed by atoms with van der Waals surface area (Å²) in [7, 11) is 1.97. The molecule has 66 heavy (non-hydrogen) atoms. The Morgan fingerprint density at radius 3 is 2.29 bits per heavy atom. The van der Waals surface area contributed by atoms with Crippen LogP contribution in [0.25, 0.3) is 16.7 Å². The number of hydrogen-bond acceptors (Lipinski definition) is 10. The molecule has 0 spiro atoms. The van der Waals surface area contributed by atoms with Crippen LogP contribution in [0.2, 0.25) is 0 Å². The zero-order valence-corrected chi connectivity index (χ0v) is 37.1. The van der Waals surface area contributed by atoms with Gasteiger partial charge in [0, 0.05) is 124 Å². The molecule has 8 heterocycles. The molecular formula is C49H55F3N10O4. The number of anilines is 3. The first-order valence-corrected chi connectivity index (χ1v) is 23.3. The number of pyridine rings is 2. The Labute approximate surface area is 380 Å². The van der Waals surface area contributed by atoms with Gasteiger partial charge in [-0.1, -0.05) is 0 Å². The van der Waals surface area contributed by atoms with Crippen molar-refractivity contribution in [3.8, 4) is 5.69 Å². The number of piperidine rings is 3. The quantitative estimate of drug-likeness (QED) is 0.157. The molecule has 0 saturated carbocycles. The number of nitrogens with one attached hydrogen (secondary N) is 3. The molecule has 5 aliphatic heterocycles. The van der Waals surface area contributed by atoms with Crippen LogP contribution in [0.3, 0.4) is 0 Å². The largest absolute Gasteiger partial charge is 0.384 e. The number of carbonyl (C=O) groups excluding carboxylic acids is 3. The SMILES string of the molecule is Cn1c(CN2CCC(c3c(F)cc(C(=O)N4CCC(CN5CCN(c6ccc(NC7CCC(=O)NC7=O)cc6F)CC5)CC4)cc3F)CC2)cc2c(-n3ccc4c(c3=O)CCN4)ccnc21. The van der Waals surface area contributed by atoms with Gasteiger partial charge in [0.05, 0.1) is 11.4 Å². The lowest BCUT2D eigenvalue weighted by Crippen LogP contribution is -2.49. The fraction of sp³-hybridized carbons (Fsp3) is 0.449. The minimum Gasteiger partial charge on any atom is -0.384 e. The van der Waals surface area contributed by atoms with Crippen LogP contribution >= 0.6 is 0 Å². The highest BCUT2D eigenvalue weighted by Gasteiger charge is 2.32. The molecular weight excluding hydrogens is 850 g/mol. The van der Waals surface area contributed by atoms with Crippen LogP contribution in [0, 0.1) is 23.4 Å². The van der Waals surface area contributed by atoms with Gasteiger partial charge in [0.25, 0.3) is 11.5 Å². The summed E-state index contributed by atoms with van der Waals surface area (Å²) >= 11 is 0. The first kappa shape index (κ1) is 43.7. The summed E-state index contributed by atoms with van der Waals surface area (Å²) in [5.41, 5.74) is 5.33. The molecule has 1 unspecified atom stereocenters. The molecule has 14 nitrogen and oxygen atoms in total. The van der Waals surface area contributed by atoms with Crippen LogP contribution in [0.15, 0.2) is 65.7 Å². The van der Waals surface area contributed by atoms with Gasteiger partial charge >= 0.3 is 0 Å². The lowest BCUT2D eigenvalue weighted by Gasteiger charge is -2.39. The molecule has 1 atom stereocenters. The third-order valence-corrected chi connectivity index (χ3v) is 14.5. The number of benzene rings is 2. The van der Waals surface area contributed by atoms with Gasteiger partial charge in [-0.25, -0.2) is 18.2 Å². The Morgan fingerprint density at radius 1 is 0.803 bits per heavy atom. The van der Waals surface area contributed by atoms with Gasteiger partial charge in [-0.3, -0.25) is 38.9 Å². The first-order chi connectivity index (χ1) is 32.0. The van der Waals surface area contributed by atoms with E-state index in [4.69, 9.17) is 0 Å². The minimum absolute atomic E-state index is 0.0274. The normalized spacial score (nSPS) is 20.2. The van der Waals surface area contributed by atoms with Crippen molar-refractivity contribution in [2.75, 3.05) is 81.0 Å². The molecule has 3 N–H and O–H groups in total. The Morgan fingerprint density at radius 2 is 1.56 bits per heavy atom. The molecule has 0 bridgehead atoms. The zero-order chi connectivity index (χ0) is 45.6. The lowest BCUT2D eigenvalue weighted by atomic mass is 9.87. The number of rotatable bonds is 10. The van der Waals surface area contributed by atoms with E-state index in [0.717, 1.165) is 72.7 Å². The first-order valence-electron chi connectivity index (χ1n) is 23.3. The van der Waals surface area contributed by atoms with Crippen LogP contribution in [0.5, 0.6) is 0 Å². The smallest absolute Gasteiger partial charge is 0.260 e. The van der Waals surface area contributed by atoms with Crippen LogP contribution in [0.4, 0.5) is 30.2 Å². The summed E-state index contributed by atoms with van der Waals surface area (Å²) in [5, 5.41) is 9.49. The highest BCUT2D eigenvalue weighted by Crippen LogP contribution is 2.35. The second kappa shape index (κ2) is 18.2. The zero-order valence-electron chi connectivity index (χ0n) is 37.1. The summed E-state index contributed by atoms with van der Waals surface area (Å²) in [6.07, 6.45) is 7.55. The van der Waals surface area contributed by atoms with E-state index in [0.29, 0.717) is 88.8 Å². The second-order valence-corrected chi connectivity index (χ2v) is 18.6. The van der Waals surface area contributed by atoms with Crippen molar-refractivity contribution in [1.82, 2.24) is 34.1 Å². The third-order valence-electron chi connectivity index (χ3n) is 14.5. The number of fused-ring (bicyclic) bond motifs is 2. The van der Waals surface area contributed by atoms with E-state index in [1.807, 2.05) is 34.8 Å². The van der Waals surface area contributed by atoms with Crippen LogP contribution in [-0.2, 0) is 29.6 Å². The van der Waals surface area contributed by atoms with E-state index >= 15 is 13.2 Å². The molecule has 0 aliphatic carbocycles. The van der Waals surface area contributed by atoms with Gasteiger partial charge in [0.15, 0.2) is 0 Å². The third kappa shape index (κ3) is 8.65. The number of hydrogen-bond donors (Lipinski definition) is 3. The monoisotopic (exact) mass is 904 g/mol. The fourth-order valence-corrected chi connectivity index (χ4v) is 10.7. The summed E-state index contributed by atoms with van der Waals surface area (Å²) in [6.45, 7) is 7.40. The van der Waals surface area contributed by atoms with E-state index < -0.39 is 23.6 Å². The Hall–Kier alpha value is -6.20. The predicted octanol–water partition coefficient (Wildman–Crippen LogP) is 5.38. The summed E-state index contributed by atoms with van der Waals surface area (Å²) in [6, 6.07) is 12.6. The number of piperazine rings is 1. The topological polar surface area (TPSA) is 140 Å². The molecule has 3 aromatic heterocycles. The average molecular weight is 905 g/mol. The molecule has 2 aromatic carbocycles. The second-order valence-electron chi connectivity index (χ2n) is 18.6. The molecule has 4 fully saturated rings. The van der Waals surface area contributed by atoms with Gasteiger partial charge in [-0.2, -0.15) is 0 Å². The van der Waals surface area contributed by atoms with Crippen molar-refractivity contribution in [3.05, 3.63) is 111 Å². The Kier molecular flexibility index (Phi) is 12.1. The van der Waals surface area contributed by atoms with Crippen LogP contribution in [-0.4, -0.2) is 118 Å². The number of halogens is 3. The average Bonchev–Trinajstić information content (AvgIpc) is 3.93. The van der Waals surface area contributed by atoms with Gasteiger partial charge in [0.1, 0.15) is 29.1 Å². The summed E-state index contributed by atoms with van der Waals surface area (Å²) < 4.78 is 50.6. The molecule has 346 valence electrons. The van der Waals surface area contributed by atoms with E-state index in [-0.39, 0.29) is 46.7 Å². The number of aromatic nitrogens is 3. The maximum absolute atomic E-state index is 15.8. The number of aryl methyl sites for hydroxylation is 1. The van der Waals surface area contributed by atoms with E-state index in [2.05, 4.69) is 36.8 Å². The van der Waals surface area contributed by atoms with Gasteiger partial charge < -0.3 is 25.0 Å². The van der Waals surface area contributed by atoms with E-state index in [1.54, 1.807) is 27.8 Å². The molecule has 3 amide bonds. The number of imide groups is 1. The van der Waals surface area contributed by atoms with Crippen molar-refractivity contribution < 1.29 is 27.6 Å². The van der Waals surface area contributed by atoms with Crippen LogP contribution < -0.4 is 26.4 Å². The lowest BCUT2D eigenvalue weighted by molar-refractivity contribution is -0.133. The van der Waals surface area contributed by atoms with E-state index in [1.165, 1.54) is 18.2 Å². The van der Waals surface area contributed by atoms with Crippen molar-refractivity contribution in [2.45, 2.75) is 63.5 Å². The van der Waals surface area contributed by atoms with Gasteiger partial charge in [-0.05, 0) is 112 Å².